The molecule has 1 aliphatic rings. The molecule has 1 aromatic heterocycles. The zero-order chi connectivity index (χ0) is 14.8. The molecule has 0 aliphatic carbocycles. The predicted octanol–water partition coefficient (Wildman–Crippen LogP) is 1.99. The Labute approximate surface area is 124 Å². The number of rotatable bonds is 2. The molecule has 110 valence electrons. The van der Waals surface area contributed by atoms with Crippen molar-refractivity contribution in [1.82, 2.24) is 15.1 Å². The Hall–Kier alpha value is -2.30. The molecule has 1 N–H and O–H groups in total. The molecule has 0 bridgehead atoms. The number of anilines is 1. The second-order valence-corrected chi connectivity index (χ2v) is 5.44. The van der Waals surface area contributed by atoms with Crippen LogP contribution in [0.4, 0.5) is 5.69 Å². The number of piperazine rings is 1. The number of aromatic nitrogens is 2. The first-order chi connectivity index (χ1) is 10.2. The highest BCUT2D eigenvalue weighted by Crippen LogP contribution is 2.17. The van der Waals surface area contributed by atoms with Gasteiger partial charge in [-0.1, -0.05) is 18.2 Å². The number of carbonyl (C=O) groups excluding carboxylic acids is 1. The molecule has 5 nitrogen and oxygen atoms in total. The average molecular weight is 284 g/mol. The van der Waals surface area contributed by atoms with E-state index >= 15 is 0 Å². The van der Waals surface area contributed by atoms with E-state index < -0.39 is 0 Å². The lowest BCUT2D eigenvalue weighted by Gasteiger charge is -2.35. The van der Waals surface area contributed by atoms with Crippen LogP contribution in [0.2, 0.25) is 0 Å². The van der Waals surface area contributed by atoms with E-state index in [1.54, 1.807) is 0 Å². The van der Waals surface area contributed by atoms with Crippen molar-refractivity contribution in [3.05, 3.63) is 47.3 Å². The van der Waals surface area contributed by atoms with Crippen LogP contribution < -0.4 is 4.90 Å². The van der Waals surface area contributed by atoms with Gasteiger partial charge in [0.05, 0.1) is 0 Å². The van der Waals surface area contributed by atoms with Crippen molar-refractivity contribution >= 4 is 11.6 Å². The third kappa shape index (κ3) is 2.63. The maximum atomic E-state index is 12.5. The minimum absolute atomic E-state index is 0.0320. The Kier molecular flexibility index (Phi) is 3.64. The summed E-state index contributed by atoms with van der Waals surface area (Å²) in [5, 5.41) is 7.02. The first kappa shape index (κ1) is 13.7. The minimum atomic E-state index is 0.0320. The molecule has 21 heavy (non-hydrogen) atoms. The maximum Gasteiger partial charge on any atom is 0.274 e. The molecule has 0 saturated carbocycles. The zero-order valence-corrected chi connectivity index (χ0v) is 12.5. The highest BCUT2D eigenvalue weighted by Gasteiger charge is 2.25. The van der Waals surface area contributed by atoms with Crippen LogP contribution in [0, 0.1) is 13.8 Å². The molecule has 2 heterocycles. The van der Waals surface area contributed by atoms with Crippen molar-refractivity contribution in [1.29, 1.82) is 0 Å². The molecule has 0 spiro atoms. The molecule has 3 rings (SSSR count). The minimum Gasteiger partial charge on any atom is -0.368 e. The van der Waals surface area contributed by atoms with Gasteiger partial charge in [-0.2, -0.15) is 5.10 Å². The second-order valence-electron chi connectivity index (χ2n) is 5.44. The normalized spacial score (nSPS) is 15.3. The number of amides is 1. The molecule has 1 amide bonds. The summed E-state index contributed by atoms with van der Waals surface area (Å²) in [5.74, 6) is 0.0320. The van der Waals surface area contributed by atoms with Gasteiger partial charge in [0.2, 0.25) is 0 Å². The Morgan fingerprint density at radius 2 is 1.76 bits per heavy atom. The van der Waals surface area contributed by atoms with Crippen LogP contribution in [0.15, 0.2) is 30.3 Å². The Balaban J connectivity index is 1.66. The lowest BCUT2D eigenvalue weighted by atomic mass is 10.2. The lowest BCUT2D eigenvalue weighted by Crippen LogP contribution is -2.49. The Morgan fingerprint density at radius 1 is 1.10 bits per heavy atom. The molecular weight excluding hydrogens is 264 g/mol. The third-order valence-corrected chi connectivity index (χ3v) is 4.14. The summed E-state index contributed by atoms with van der Waals surface area (Å²) in [6, 6.07) is 10.3. The monoisotopic (exact) mass is 284 g/mol. The molecule has 0 unspecified atom stereocenters. The van der Waals surface area contributed by atoms with E-state index in [4.69, 9.17) is 0 Å². The van der Waals surface area contributed by atoms with E-state index in [1.807, 2.05) is 36.9 Å². The molecular formula is C16H20N4O. The van der Waals surface area contributed by atoms with Gasteiger partial charge in [0.25, 0.3) is 5.91 Å². The van der Waals surface area contributed by atoms with Gasteiger partial charge in [0.15, 0.2) is 5.69 Å². The largest absolute Gasteiger partial charge is 0.368 e. The molecule has 1 fully saturated rings. The van der Waals surface area contributed by atoms with Crippen molar-refractivity contribution in [3.63, 3.8) is 0 Å². The highest BCUT2D eigenvalue weighted by molar-refractivity contribution is 5.94. The van der Waals surface area contributed by atoms with Gasteiger partial charge >= 0.3 is 0 Å². The number of hydrogen-bond donors (Lipinski definition) is 1. The van der Waals surface area contributed by atoms with E-state index in [1.165, 1.54) is 5.69 Å². The Morgan fingerprint density at radius 3 is 2.33 bits per heavy atom. The first-order valence-electron chi connectivity index (χ1n) is 7.27. The highest BCUT2D eigenvalue weighted by atomic mass is 16.2. The van der Waals surface area contributed by atoms with Crippen LogP contribution in [0.5, 0.6) is 0 Å². The number of nitrogens with one attached hydrogen (secondary N) is 1. The standard InChI is InChI=1S/C16H20N4O/c1-12-13(2)17-18-15(12)16(21)20-10-8-19(9-11-20)14-6-4-3-5-7-14/h3-7H,8-11H2,1-2H3,(H,17,18). The molecule has 5 heteroatoms. The predicted molar refractivity (Wildman–Crippen MR) is 82.6 cm³/mol. The lowest BCUT2D eigenvalue weighted by molar-refractivity contribution is 0.0740. The molecule has 1 aromatic carbocycles. The van der Waals surface area contributed by atoms with Crippen LogP contribution in [0.3, 0.4) is 0 Å². The topological polar surface area (TPSA) is 52.2 Å². The van der Waals surface area contributed by atoms with Gasteiger partial charge in [-0.3, -0.25) is 9.89 Å². The number of carbonyl (C=O) groups is 1. The summed E-state index contributed by atoms with van der Waals surface area (Å²) in [7, 11) is 0. The van der Waals surface area contributed by atoms with Gasteiger partial charge in [-0.25, -0.2) is 0 Å². The third-order valence-electron chi connectivity index (χ3n) is 4.14. The van der Waals surface area contributed by atoms with Crippen LogP contribution in [-0.2, 0) is 0 Å². The van der Waals surface area contributed by atoms with Crippen LogP contribution in [0.1, 0.15) is 21.7 Å². The van der Waals surface area contributed by atoms with E-state index in [0.29, 0.717) is 5.69 Å². The van der Waals surface area contributed by atoms with Crippen LogP contribution >= 0.6 is 0 Å². The number of hydrogen-bond acceptors (Lipinski definition) is 3. The van der Waals surface area contributed by atoms with Gasteiger partial charge in [-0.15, -0.1) is 0 Å². The van der Waals surface area contributed by atoms with E-state index in [2.05, 4.69) is 27.2 Å². The smallest absolute Gasteiger partial charge is 0.274 e. The zero-order valence-electron chi connectivity index (χ0n) is 12.5. The molecule has 0 radical (unpaired) electrons. The quantitative estimate of drug-likeness (QED) is 0.917. The van der Waals surface area contributed by atoms with E-state index in [0.717, 1.165) is 37.4 Å². The van der Waals surface area contributed by atoms with Crippen molar-refractivity contribution in [3.8, 4) is 0 Å². The molecule has 1 aliphatic heterocycles. The van der Waals surface area contributed by atoms with Gasteiger partial charge in [0.1, 0.15) is 0 Å². The van der Waals surface area contributed by atoms with E-state index in [-0.39, 0.29) is 5.91 Å². The van der Waals surface area contributed by atoms with Crippen molar-refractivity contribution in [2.75, 3.05) is 31.1 Å². The van der Waals surface area contributed by atoms with Gasteiger partial charge in [0, 0.05) is 43.1 Å². The molecule has 2 aromatic rings. The fourth-order valence-corrected chi connectivity index (χ4v) is 2.65. The number of H-pyrrole nitrogens is 1. The van der Waals surface area contributed by atoms with Crippen molar-refractivity contribution < 1.29 is 4.79 Å². The fraction of sp³-hybridized carbons (Fsp3) is 0.375. The summed E-state index contributed by atoms with van der Waals surface area (Å²) in [6.45, 7) is 7.06. The van der Waals surface area contributed by atoms with E-state index in [9.17, 15) is 4.79 Å². The van der Waals surface area contributed by atoms with Gasteiger partial charge in [-0.05, 0) is 26.0 Å². The first-order valence-corrected chi connectivity index (χ1v) is 7.27. The summed E-state index contributed by atoms with van der Waals surface area (Å²) in [6.07, 6.45) is 0. The number of nitrogens with zero attached hydrogens (tertiary/aromatic N) is 3. The van der Waals surface area contributed by atoms with Crippen LogP contribution in [-0.4, -0.2) is 47.2 Å². The maximum absolute atomic E-state index is 12.5. The number of aromatic amines is 1. The summed E-state index contributed by atoms with van der Waals surface area (Å²) < 4.78 is 0. The number of aryl methyl sites for hydroxylation is 1. The molecule has 1 saturated heterocycles. The summed E-state index contributed by atoms with van der Waals surface area (Å²) in [5.41, 5.74) is 3.68. The second kappa shape index (κ2) is 5.60. The molecule has 0 atom stereocenters. The van der Waals surface area contributed by atoms with Crippen molar-refractivity contribution in [2.24, 2.45) is 0 Å². The summed E-state index contributed by atoms with van der Waals surface area (Å²) in [4.78, 5) is 16.7. The SMILES string of the molecule is Cc1[nH]nc(C(=O)N2CCN(c3ccccc3)CC2)c1C. The number of para-hydroxylation sites is 1. The van der Waals surface area contributed by atoms with Crippen LogP contribution in [0.25, 0.3) is 0 Å². The fourth-order valence-electron chi connectivity index (χ4n) is 2.65. The van der Waals surface area contributed by atoms with Crippen molar-refractivity contribution in [2.45, 2.75) is 13.8 Å². The average Bonchev–Trinajstić information content (AvgIpc) is 2.87. The summed E-state index contributed by atoms with van der Waals surface area (Å²) >= 11 is 0. The number of benzene rings is 1. The van der Waals surface area contributed by atoms with Gasteiger partial charge < -0.3 is 9.80 Å². The Bertz CT molecular complexity index is 627.